The Labute approximate surface area is 132 Å². The summed E-state index contributed by atoms with van der Waals surface area (Å²) in [5, 5.41) is 0. The Morgan fingerprint density at radius 2 is 2.18 bits per heavy atom. The summed E-state index contributed by atoms with van der Waals surface area (Å²) in [6.07, 6.45) is 8.07. The van der Waals surface area contributed by atoms with Crippen molar-refractivity contribution in [3.8, 4) is 0 Å². The maximum atomic E-state index is 5.49. The number of pyridine rings is 1. The van der Waals surface area contributed by atoms with Gasteiger partial charge < -0.3 is 4.42 Å². The first-order chi connectivity index (χ1) is 10.8. The predicted octanol–water partition coefficient (Wildman–Crippen LogP) is 3.16. The van der Waals surface area contributed by atoms with Gasteiger partial charge >= 0.3 is 0 Å². The zero-order valence-electron chi connectivity index (χ0n) is 13.3. The largest absolute Gasteiger partial charge is 0.468 e. The summed E-state index contributed by atoms with van der Waals surface area (Å²) in [5.41, 5.74) is 1.35. The third-order valence-electron chi connectivity index (χ3n) is 4.50. The molecule has 0 N–H and O–H groups in total. The number of hydrogen-bond donors (Lipinski definition) is 0. The second-order valence-electron chi connectivity index (χ2n) is 6.03. The fourth-order valence-corrected chi connectivity index (χ4v) is 3.32. The van der Waals surface area contributed by atoms with E-state index in [2.05, 4.69) is 39.9 Å². The molecule has 0 radical (unpaired) electrons. The molecule has 1 aliphatic heterocycles. The molecule has 118 valence electrons. The van der Waals surface area contributed by atoms with E-state index in [9.17, 15) is 0 Å². The lowest BCUT2D eigenvalue weighted by Crippen LogP contribution is -2.47. The molecule has 0 bridgehead atoms. The highest BCUT2D eigenvalue weighted by molar-refractivity contribution is 5.09. The normalized spacial score (nSPS) is 19.6. The number of aromatic nitrogens is 1. The molecule has 2 aromatic rings. The summed E-state index contributed by atoms with van der Waals surface area (Å²) >= 11 is 0. The van der Waals surface area contributed by atoms with Crippen molar-refractivity contribution in [2.75, 3.05) is 19.6 Å². The Morgan fingerprint density at radius 1 is 1.32 bits per heavy atom. The maximum Gasteiger partial charge on any atom is 0.117 e. The summed E-state index contributed by atoms with van der Waals surface area (Å²) < 4.78 is 5.49. The molecule has 0 saturated carbocycles. The third-order valence-corrected chi connectivity index (χ3v) is 4.50. The van der Waals surface area contributed by atoms with Crippen molar-refractivity contribution >= 4 is 0 Å². The number of rotatable bonds is 6. The van der Waals surface area contributed by atoms with E-state index in [4.69, 9.17) is 4.42 Å². The van der Waals surface area contributed by atoms with Crippen LogP contribution in [0.4, 0.5) is 0 Å². The zero-order valence-corrected chi connectivity index (χ0v) is 13.3. The highest BCUT2D eigenvalue weighted by atomic mass is 16.3. The highest BCUT2D eigenvalue weighted by Gasteiger charge is 2.25. The summed E-state index contributed by atoms with van der Waals surface area (Å²) in [7, 11) is 0. The van der Waals surface area contributed by atoms with Gasteiger partial charge in [0.2, 0.25) is 0 Å². The lowest BCUT2D eigenvalue weighted by atomic mass is 10.0. The van der Waals surface area contributed by atoms with E-state index in [0.29, 0.717) is 6.04 Å². The molecule has 4 heteroatoms. The molecule has 0 aromatic carbocycles. The van der Waals surface area contributed by atoms with E-state index in [0.717, 1.165) is 31.9 Å². The number of furan rings is 1. The van der Waals surface area contributed by atoms with Gasteiger partial charge in [-0.3, -0.25) is 14.8 Å². The minimum Gasteiger partial charge on any atom is -0.468 e. The van der Waals surface area contributed by atoms with Crippen LogP contribution >= 0.6 is 0 Å². The maximum absolute atomic E-state index is 5.49. The van der Waals surface area contributed by atoms with Gasteiger partial charge in [-0.25, -0.2) is 0 Å². The van der Waals surface area contributed by atoms with Crippen molar-refractivity contribution in [1.29, 1.82) is 0 Å². The van der Waals surface area contributed by atoms with Crippen LogP contribution in [0.15, 0.2) is 47.3 Å². The monoisotopic (exact) mass is 299 g/mol. The molecule has 1 saturated heterocycles. The molecule has 4 nitrogen and oxygen atoms in total. The molecule has 0 aliphatic carbocycles. The van der Waals surface area contributed by atoms with Crippen LogP contribution in [0, 0.1) is 0 Å². The Balaban J connectivity index is 1.59. The van der Waals surface area contributed by atoms with Crippen LogP contribution in [-0.4, -0.2) is 40.5 Å². The average molecular weight is 299 g/mol. The van der Waals surface area contributed by atoms with Crippen LogP contribution in [0.3, 0.4) is 0 Å². The molecule has 1 unspecified atom stereocenters. The van der Waals surface area contributed by atoms with Gasteiger partial charge in [0.25, 0.3) is 0 Å². The number of likely N-dealkylation sites (N-methyl/N-ethyl adjacent to an activating group) is 1. The Morgan fingerprint density at radius 3 is 2.91 bits per heavy atom. The quantitative estimate of drug-likeness (QED) is 0.820. The third kappa shape index (κ3) is 3.96. The number of nitrogens with zero attached hydrogens (tertiary/aromatic N) is 3. The van der Waals surface area contributed by atoms with E-state index in [1.54, 1.807) is 6.26 Å². The minimum atomic E-state index is 0.627. The average Bonchev–Trinajstić information content (AvgIpc) is 3.07. The molecular formula is C18H25N3O. The van der Waals surface area contributed by atoms with Crippen molar-refractivity contribution in [2.45, 2.75) is 38.9 Å². The van der Waals surface area contributed by atoms with Gasteiger partial charge in [0.05, 0.1) is 12.8 Å². The SMILES string of the molecule is CCN(Cc1ccncc1)C1CCCN(Cc2ccco2)C1. The van der Waals surface area contributed by atoms with Crippen molar-refractivity contribution < 1.29 is 4.42 Å². The van der Waals surface area contributed by atoms with Gasteiger partial charge in [0.1, 0.15) is 5.76 Å². The van der Waals surface area contributed by atoms with E-state index in [1.807, 2.05) is 18.5 Å². The van der Waals surface area contributed by atoms with Crippen molar-refractivity contribution in [1.82, 2.24) is 14.8 Å². The van der Waals surface area contributed by atoms with Crippen molar-refractivity contribution in [3.63, 3.8) is 0 Å². The van der Waals surface area contributed by atoms with Gasteiger partial charge in [-0.15, -0.1) is 0 Å². The van der Waals surface area contributed by atoms with Gasteiger partial charge in [-0.1, -0.05) is 6.92 Å². The van der Waals surface area contributed by atoms with Gasteiger partial charge in [0, 0.05) is 31.5 Å². The smallest absolute Gasteiger partial charge is 0.117 e. The lowest BCUT2D eigenvalue weighted by molar-refractivity contribution is 0.0877. The summed E-state index contributed by atoms with van der Waals surface area (Å²) in [6, 6.07) is 8.90. The topological polar surface area (TPSA) is 32.5 Å². The van der Waals surface area contributed by atoms with Gasteiger partial charge in [-0.05, 0) is 55.8 Å². The van der Waals surface area contributed by atoms with Crippen LogP contribution in [0.2, 0.25) is 0 Å². The fraction of sp³-hybridized carbons (Fsp3) is 0.500. The first-order valence-corrected chi connectivity index (χ1v) is 8.23. The van der Waals surface area contributed by atoms with Crippen LogP contribution in [0.25, 0.3) is 0 Å². The minimum absolute atomic E-state index is 0.627. The zero-order chi connectivity index (χ0) is 15.2. The second kappa shape index (κ2) is 7.56. The predicted molar refractivity (Wildman–Crippen MR) is 87.3 cm³/mol. The van der Waals surface area contributed by atoms with Crippen molar-refractivity contribution in [2.24, 2.45) is 0 Å². The first kappa shape index (κ1) is 15.3. The molecule has 0 spiro atoms. The van der Waals surface area contributed by atoms with Crippen LogP contribution in [-0.2, 0) is 13.1 Å². The van der Waals surface area contributed by atoms with E-state index in [1.165, 1.54) is 24.9 Å². The summed E-state index contributed by atoms with van der Waals surface area (Å²) in [6.45, 7) is 7.58. The Bertz CT molecular complexity index is 541. The molecule has 3 rings (SSSR count). The van der Waals surface area contributed by atoms with E-state index >= 15 is 0 Å². The molecule has 22 heavy (non-hydrogen) atoms. The fourth-order valence-electron chi connectivity index (χ4n) is 3.32. The van der Waals surface area contributed by atoms with Crippen molar-refractivity contribution in [3.05, 3.63) is 54.2 Å². The van der Waals surface area contributed by atoms with Crippen LogP contribution in [0.5, 0.6) is 0 Å². The van der Waals surface area contributed by atoms with Crippen LogP contribution in [0.1, 0.15) is 31.1 Å². The molecule has 1 fully saturated rings. The van der Waals surface area contributed by atoms with Crippen LogP contribution < -0.4 is 0 Å². The first-order valence-electron chi connectivity index (χ1n) is 8.23. The number of hydrogen-bond acceptors (Lipinski definition) is 4. The lowest BCUT2D eigenvalue weighted by Gasteiger charge is -2.38. The van der Waals surface area contributed by atoms with Gasteiger partial charge in [-0.2, -0.15) is 0 Å². The van der Waals surface area contributed by atoms with E-state index in [-0.39, 0.29) is 0 Å². The molecule has 2 aromatic heterocycles. The molecule has 1 aliphatic rings. The molecule has 0 amide bonds. The standard InChI is InChI=1S/C18H25N3O/c1-2-21(13-16-7-9-19-10-8-16)17-5-3-11-20(14-17)15-18-6-4-12-22-18/h4,6-10,12,17H,2-3,5,11,13-15H2,1H3. The number of piperidine rings is 1. The number of likely N-dealkylation sites (tertiary alicyclic amines) is 1. The molecule has 3 heterocycles. The second-order valence-corrected chi connectivity index (χ2v) is 6.03. The summed E-state index contributed by atoms with van der Waals surface area (Å²) in [4.78, 5) is 9.21. The highest BCUT2D eigenvalue weighted by Crippen LogP contribution is 2.20. The molecule has 1 atom stereocenters. The van der Waals surface area contributed by atoms with E-state index < -0.39 is 0 Å². The summed E-state index contributed by atoms with van der Waals surface area (Å²) in [5.74, 6) is 1.07. The van der Waals surface area contributed by atoms with Gasteiger partial charge in [0.15, 0.2) is 0 Å². The Hall–Kier alpha value is -1.65. The molecular weight excluding hydrogens is 274 g/mol. The Kier molecular flexibility index (Phi) is 5.24.